The molecule has 0 radical (unpaired) electrons. The van der Waals surface area contributed by atoms with Crippen molar-refractivity contribution >= 4 is 34.4 Å². The third-order valence-electron chi connectivity index (χ3n) is 5.12. The summed E-state index contributed by atoms with van der Waals surface area (Å²) >= 11 is 0. The highest BCUT2D eigenvalue weighted by Crippen LogP contribution is 2.30. The van der Waals surface area contributed by atoms with Crippen LogP contribution < -0.4 is 14.8 Å². The first-order valence-corrected chi connectivity index (χ1v) is 10.5. The van der Waals surface area contributed by atoms with Gasteiger partial charge in [-0.15, -0.1) is 0 Å². The highest BCUT2D eigenvalue weighted by atomic mass is 16.5. The van der Waals surface area contributed by atoms with Crippen LogP contribution in [0.5, 0.6) is 11.5 Å². The lowest BCUT2D eigenvalue weighted by atomic mass is 10.0. The van der Waals surface area contributed by atoms with Crippen molar-refractivity contribution in [1.82, 2.24) is 0 Å². The molecule has 0 saturated carbocycles. The summed E-state index contributed by atoms with van der Waals surface area (Å²) in [6.45, 7) is 1.93. The zero-order valence-electron chi connectivity index (χ0n) is 18.4. The van der Waals surface area contributed by atoms with Crippen molar-refractivity contribution < 1.29 is 19.1 Å². The van der Waals surface area contributed by atoms with E-state index >= 15 is 0 Å². The zero-order valence-corrected chi connectivity index (χ0v) is 18.4. The van der Waals surface area contributed by atoms with E-state index in [2.05, 4.69) is 5.32 Å². The summed E-state index contributed by atoms with van der Waals surface area (Å²) in [5.41, 5.74) is 2.63. The number of methoxy groups -OCH3 is 1. The molecule has 1 N–H and O–H groups in total. The monoisotopic (exact) mass is 437 g/mol. The van der Waals surface area contributed by atoms with Gasteiger partial charge in [-0.3, -0.25) is 4.79 Å². The fraction of sp³-hybridized carbons (Fsp3) is 0.0714. The van der Waals surface area contributed by atoms with E-state index < -0.39 is 11.9 Å². The molecule has 0 unspecified atom stereocenters. The van der Waals surface area contributed by atoms with E-state index in [1.807, 2.05) is 73.7 Å². The minimum atomic E-state index is -0.573. The minimum absolute atomic E-state index is 0.181. The number of hydrogen-bond donors (Lipinski definition) is 1. The number of fused-ring (bicyclic) bond motifs is 1. The van der Waals surface area contributed by atoms with Crippen LogP contribution in [0.3, 0.4) is 0 Å². The van der Waals surface area contributed by atoms with Crippen molar-refractivity contribution in [2.45, 2.75) is 6.92 Å². The first-order chi connectivity index (χ1) is 16.0. The number of nitrogens with one attached hydrogen (secondary N) is 1. The van der Waals surface area contributed by atoms with Gasteiger partial charge in [-0.25, -0.2) is 4.79 Å². The predicted molar refractivity (Wildman–Crippen MR) is 131 cm³/mol. The van der Waals surface area contributed by atoms with Gasteiger partial charge in [-0.1, -0.05) is 60.7 Å². The Balaban J connectivity index is 1.66. The number of benzene rings is 4. The fourth-order valence-corrected chi connectivity index (χ4v) is 3.46. The second kappa shape index (κ2) is 9.83. The molecule has 0 fully saturated rings. The van der Waals surface area contributed by atoms with Crippen LogP contribution in [0.4, 0.5) is 5.69 Å². The molecule has 0 aliphatic carbocycles. The van der Waals surface area contributed by atoms with Crippen molar-refractivity contribution in [3.05, 3.63) is 108 Å². The lowest BCUT2D eigenvalue weighted by molar-refractivity contribution is -0.128. The number of aryl methyl sites for hydroxylation is 1. The number of esters is 1. The van der Waals surface area contributed by atoms with E-state index in [1.54, 1.807) is 31.4 Å². The largest absolute Gasteiger partial charge is 0.495 e. The lowest BCUT2D eigenvalue weighted by Gasteiger charge is -2.14. The molecule has 0 spiro atoms. The molecule has 4 aromatic rings. The summed E-state index contributed by atoms with van der Waals surface area (Å²) < 4.78 is 11.0. The van der Waals surface area contributed by atoms with Crippen LogP contribution in [-0.2, 0) is 4.79 Å². The summed E-state index contributed by atoms with van der Waals surface area (Å²) in [6.07, 6.45) is 3.01. The van der Waals surface area contributed by atoms with Crippen LogP contribution in [-0.4, -0.2) is 19.0 Å². The van der Waals surface area contributed by atoms with Crippen LogP contribution in [0.25, 0.3) is 16.8 Å². The van der Waals surface area contributed by atoms with E-state index in [1.165, 1.54) is 6.08 Å². The Morgan fingerprint density at radius 1 is 0.818 bits per heavy atom. The number of rotatable bonds is 6. The van der Waals surface area contributed by atoms with Gasteiger partial charge in [0, 0.05) is 6.08 Å². The van der Waals surface area contributed by atoms with Gasteiger partial charge < -0.3 is 14.8 Å². The van der Waals surface area contributed by atoms with Crippen molar-refractivity contribution in [3.63, 3.8) is 0 Å². The quantitative estimate of drug-likeness (QED) is 0.227. The molecule has 0 aliphatic heterocycles. The maximum absolute atomic E-state index is 13.2. The summed E-state index contributed by atoms with van der Waals surface area (Å²) in [7, 11) is 1.54. The zero-order chi connectivity index (χ0) is 23.2. The fourth-order valence-electron chi connectivity index (χ4n) is 3.46. The van der Waals surface area contributed by atoms with Crippen LogP contribution >= 0.6 is 0 Å². The van der Waals surface area contributed by atoms with E-state index in [4.69, 9.17) is 9.47 Å². The Labute approximate surface area is 192 Å². The van der Waals surface area contributed by atoms with Gasteiger partial charge >= 0.3 is 5.97 Å². The number of ether oxygens (including phenoxy) is 2. The van der Waals surface area contributed by atoms with Crippen LogP contribution in [0.15, 0.2) is 91.0 Å². The standard InChI is InChI=1S/C28H23NO4/c1-19-12-14-25(32-2)24(16-19)29-28(31)23-17-21-10-6-7-11-22(21)18-26(23)33-27(30)15-13-20-8-4-3-5-9-20/h3-18H,1-2H3,(H,29,31). The van der Waals surface area contributed by atoms with Gasteiger partial charge in [0.25, 0.3) is 5.91 Å². The maximum Gasteiger partial charge on any atom is 0.336 e. The molecule has 4 rings (SSSR count). The van der Waals surface area contributed by atoms with Crippen LogP contribution in [0.2, 0.25) is 0 Å². The highest BCUT2D eigenvalue weighted by molar-refractivity contribution is 6.10. The molecule has 0 heterocycles. The first kappa shape index (κ1) is 21.8. The Morgan fingerprint density at radius 2 is 1.52 bits per heavy atom. The van der Waals surface area contributed by atoms with Gasteiger partial charge in [0.05, 0.1) is 18.4 Å². The average molecular weight is 437 g/mol. The highest BCUT2D eigenvalue weighted by Gasteiger charge is 2.18. The topological polar surface area (TPSA) is 64.6 Å². The molecule has 0 bridgehead atoms. The average Bonchev–Trinajstić information content (AvgIpc) is 2.83. The van der Waals surface area contributed by atoms with Crippen LogP contribution in [0, 0.1) is 6.92 Å². The molecule has 33 heavy (non-hydrogen) atoms. The molecule has 0 saturated heterocycles. The second-order valence-corrected chi connectivity index (χ2v) is 7.52. The number of anilines is 1. The summed E-state index contributed by atoms with van der Waals surface area (Å²) in [5, 5.41) is 4.60. The number of amides is 1. The summed E-state index contributed by atoms with van der Waals surface area (Å²) in [4.78, 5) is 25.8. The Kier molecular flexibility index (Phi) is 6.51. The smallest absolute Gasteiger partial charge is 0.336 e. The molecule has 4 aromatic carbocycles. The predicted octanol–water partition coefficient (Wildman–Crippen LogP) is 6.03. The first-order valence-electron chi connectivity index (χ1n) is 10.5. The van der Waals surface area contributed by atoms with E-state index in [9.17, 15) is 9.59 Å². The molecule has 0 atom stereocenters. The number of carbonyl (C=O) groups excluding carboxylic acids is 2. The molecule has 5 heteroatoms. The summed E-state index contributed by atoms with van der Waals surface area (Å²) in [6, 6.07) is 26.0. The lowest BCUT2D eigenvalue weighted by Crippen LogP contribution is -2.16. The SMILES string of the molecule is COc1ccc(C)cc1NC(=O)c1cc2ccccc2cc1OC(=O)C=Cc1ccccc1. The molecular formula is C28H23NO4. The molecule has 0 aliphatic rings. The van der Waals surface area contributed by atoms with Gasteiger partial charge in [-0.05, 0) is 59.2 Å². The van der Waals surface area contributed by atoms with Crippen molar-refractivity contribution in [3.8, 4) is 11.5 Å². The molecule has 1 amide bonds. The Hall–Kier alpha value is -4.38. The number of carbonyl (C=O) groups is 2. The van der Waals surface area contributed by atoms with E-state index in [-0.39, 0.29) is 11.3 Å². The normalized spacial score (nSPS) is 10.8. The van der Waals surface area contributed by atoms with E-state index in [0.717, 1.165) is 21.9 Å². The van der Waals surface area contributed by atoms with Crippen LogP contribution in [0.1, 0.15) is 21.5 Å². The molecule has 0 aromatic heterocycles. The molecule has 5 nitrogen and oxygen atoms in total. The summed E-state index contributed by atoms with van der Waals surface area (Å²) in [5.74, 6) is -0.254. The second-order valence-electron chi connectivity index (χ2n) is 7.52. The van der Waals surface area contributed by atoms with Gasteiger partial charge in [0.1, 0.15) is 11.5 Å². The van der Waals surface area contributed by atoms with Gasteiger partial charge in [-0.2, -0.15) is 0 Å². The van der Waals surface area contributed by atoms with Crippen molar-refractivity contribution in [1.29, 1.82) is 0 Å². The Bertz CT molecular complexity index is 1340. The molecule has 164 valence electrons. The minimum Gasteiger partial charge on any atom is -0.495 e. The maximum atomic E-state index is 13.2. The van der Waals surface area contributed by atoms with Gasteiger partial charge in [0.2, 0.25) is 0 Å². The number of hydrogen-bond acceptors (Lipinski definition) is 4. The van der Waals surface area contributed by atoms with Crippen molar-refractivity contribution in [2.24, 2.45) is 0 Å². The third-order valence-corrected chi connectivity index (χ3v) is 5.12. The van der Waals surface area contributed by atoms with Crippen molar-refractivity contribution in [2.75, 3.05) is 12.4 Å². The Morgan fingerprint density at radius 3 is 2.24 bits per heavy atom. The van der Waals surface area contributed by atoms with Gasteiger partial charge in [0.15, 0.2) is 0 Å². The third kappa shape index (κ3) is 5.28. The van der Waals surface area contributed by atoms with E-state index in [0.29, 0.717) is 11.4 Å². The molecular weight excluding hydrogens is 414 g/mol.